The van der Waals surface area contributed by atoms with Gasteiger partial charge in [0.25, 0.3) is 5.91 Å². The highest BCUT2D eigenvalue weighted by atomic mass is 35.5. The number of nitrogens with one attached hydrogen (secondary N) is 1. The van der Waals surface area contributed by atoms with Gasteiger partial charge in [-0.05, 0) is 66.1 Å². The van der Waals surface area contributed by atoms with E-state index in [1.165, 1.54) is 17.4 Å². The number of aromatic nitrogens is 2. The molecule has 0 unspecified atom stereocenters. The first-order valence-electron chi connectivity index (χ1n) is 13.5. The zero-order chi connectivity index (χ0) is 29.5. The maximum absolute atomic E-state index is 12.8. The number of amides is 1. The second-order valence-corrected chi connectivity index (χ2v) is 11.9. The van der Waals surface area contributed by atoms with Gasteiger partial charge < -0.3 is 19.9 Å². The molecule has 1 saturated heterocycles. The molecule has 0 atom stereocenters. The van der Waals surface area contributed by atoms with Crippen molar-refractivity contribution in [1.82, 2.24) is 15.3 Å². The first-order valence-corrected chi connectivity index (χ1v) is 15.6. The van der Waals surface area contributed by atoms with E-state index in [9.17, 15) is 4.79 Å². The number of hydrogen-bond acceptors (Lipinski definition) is 7. The highest BCUT2D eigenvalue weighted by Crippen LogP contribution is 2.27. The topological polar surface area (TPSA) is 70.6 Å². The standard InChI is InChI=1S/C31H30Cl3N5O2S/c1-41-26-9-7-25(8-10-26)38-13-15-39(16-14-38)29-19-28(34)36-31(37-29)42-20-21-3-2-4-23(17-21)30(40)35-12-11-22-5-6-24(32)18-27(22)33/h2-10,17-19H,11-16,20H2,1H3,(H,35,40). The molecule has 2 heterocycles. The van der Waals surface area contributed by atoms with Gasteiger partial charge in [0.2, 0.25) is 0 Å². The summed E-state index contributed by atoms with van der Waals surface area (Å²) < 4.78 is 5.27. The van der Waals surface area contributed by atoms with Gasteiger partial charge in [0.05, 0.1) is 7.11 Å². The van der Waals surface area contributed by atoms with Gasteiger partial charge in [0.1, 0.15) is 16.7 Å². The number of piperazine rings is 1. The van der Waals surface area contributed by atoms with Crippen LogP contribution in [0.3, 0.4) is 0 Å². The molecule has 42 heavy (non-hydrogen) atoms. The number of halogens is 3. The molecule has 11 heteroatoms. The van der Waals surface area contributed by atoms with E-state index in [0.29, 0.717) is 44.6 Å². The monoisotopic (exact) mass is 641 g/mol. The van der Waals surface area contributed by atoms with Gasteiger partial charge >= 0.3 is 0 Å². The van der Waals surface area contributed by atoms with Gasteiger partial charge in [-0.3, -0.25) is 4.79 Å². The first-order chi connectivity index (χ1) is 20.4. The van der Waals surface area contributed by atoms with Crippen molar-refractivity contribution in [3.8, 4) is 5.75 Å². The Kier molecular flexibility index (Phi) is 10.3. The fraction of sp³-hybridized carbons (Fsp3) is 0.258. The number of carbonyl (C=O) groups is 1. The fourth-order valence-electron chi connectivity index (χ4n) is 4.69. The molecule has 0 spiro atoms. The van der Waals surface area contributed by atoms with E-state index >= 15 is 0 Å². The predicted molar refractivity (Wildman–Crippen MR) is 173 cm³/mol. The van der Waals surface area contributed by atoms with E-state index in [0.717, 1.165) is 48.9 Å². The number of hydrogen-bond donors (Lipinski definition) is 1. The Morgan fingerprint density at radius 3 is 2.43 bits per heavy atom. The molecular formula is C31H30Cl3N5O2S. The van der Waals surface area contributed by atoms with Crippen LogP contribution in [0.1, 0.15) is 21.5 Å². The van der Waals surface area contributed by atoms with Crippen LogP contribution in [0.4, 0.5) is 11.5 Å². The summed E-state index contributed by atoms with van der Waals surface area (Å²) in [6.45, 7) is 3.86. The average Bonchev–Trinajstić information content (AvgIpc) is 3.01. The van der Waals surface area contributed by atoms with E-state index in [2.05, 4.69) is 32.2 Å². The summed E-state index contributed by atoms with van der Waals surface area (Å²) in [6.07, 6.45) is 0.613. The van der Waals surface area contributed by atoms with Crippen molar-refractivity contribution in [3.05, 3.63) is 105 Å². The number of benzene rings is 3. The van der Waals surface area contributed by atoms with Gasteiger partial charge in [-0.1, -0.05) is 64.8 Å². The molecule has 4 aromatic rings. The molecule has 0 aliphatic carbocycles. The fourth-order valence-corrected chi connectivity index (χ4v) is 6.21. The maximum Gasteiger partial charge on any atom is 0.251 e. The molecule has 0 radical (unpaired) electrons. The zero-order valence-electron chi connectivity index (χ0n) is 23.0. The van der Waals surface area contributed by atoms with Crippen LogP contribution in [-0.4, -0.2) is 55.7 Å². The van der Waals surface area contributed by atoms with Crippen LogP contribution in [0.15, 0.2) is 78.0 Å². The number of ether oxygens (including phenoxy) is 1. The molecule has 1 aliphatic rings. The van der Waals surface area contributed by atoms with Crippen molar-refractivity contribution >= 4 is 64.0 Å². The zero-order valence-corrected chi connectivity index (χ0v) is 26.1. The summed E-state index contributed by atoms with van der Waals surface area (Å²) in [6, 6.07) is 22.9. The van der Waals surface area contributed by atoms with Crippen LogP contribution in [0, 0.1) is 0 Å². The minimum Gasteiger partial charge on any atom is -0.497 e. The maximum atomic E-state index is 12.8. The van der Waals surface area contributed by atoms with Crippen LogP contribution in [-0.2, 0) is 12.2 Å². The Hall–Kier alpha value is -3.17. The molecule has 1 amide bonds. The van der Waals surface area contributed by atoms with Crippen molar-refractivity contribution in [3.63, 3.8) is 0 Å². The molecule has 3 aromatic carbocycles. The highest BCUT2D eigenvalue weighted by Gasteiger charge is 2.20. The van der Waals surface area contributed by atoms with Gasteiger partial charge in [-0.25, -0.2) is 9.97 Å². The lowest BCUT2D eigenvalue weighted by atomic mass is 10.1. The molecule has 1 aromatic heterocycles. The molecule has 0 bridgehead atoms. The van der Waals surface area contributed by atoms with Crippen molar-refractivity contribution in [2.75, 3.05) is 49.6 Å². The lowest BCUT2D eigenvalue weighted by molar-refractivity contribution is 0.0954. The third-order valence-electron chi connectivity index (χ3n) is 6.95. The predicted octanol–water partition coefficient (Wildman–Crippen LogP) is 7.04. The number of carbonyl (C=O) groups excluding carboxylic acids is 1. The molecule has 5 rings (SSSR count). The number of rotatable bonds is 10. The molecular weight excluding hydrogens is 613 g/mol. The van der Waals surface area contributed by atoms with E-state index in [1.807, 2.05) is 42.5 Å². The van der Waals surface area contributed by atoms with Crippen molar-refractivity contribution < 1.29 is 9.53 Å². The van der Waals surface area contributed by atoms with E-state index in [4.69, 9.17) is 44.5 Å². The number of methoxy groups -OCH3 is 1. The first kappa shape index (κ1) is 30.3. The molecule has 1 aliphatic heterocycles. The minimum absolute atomic E-state index is 0.137. The summed E-state index contributed by atoms with van der Waals surface area (Å²) in [5.74, 6) is 2.14. The van der Waals surface area contributed by atoms with Crippen LogP contribution in [0.25, 0.3) is 0 Å². The Morgan fingerprint density at radius 2 is 1.69 bits per heavy atom. The largest absolute Gasteiger partial charge is 0.497 e. The summed E-state index contributed by atoms with van der Waals surface area (Å²) >= 11 is 20.1. The summed E-state index contributed by atoms with van der Waals surface area (Å²) in [5.41, 5.74) is 3.70. The van der Waals surface area contributed by atoms with Crippen LogP contribution in [0.2, 0.25) is 15.2 Å². The average molecular weight is 643 g/mol. The number of thioether (sulfide) groups is 1. The molecule has 1 N–H and O–H groups in total. The normalized spacial score (nSPS) is 13.2. The molecule has 1 fully saturated rings. The van der Waals surface area contributed by atoms with Gasteiger partial charge in [0, 0.05) is 65.8 Å². The number of anilines is 2. The van der Waals surface area contributed by atoms with Gasteiger partial charge in [-0.15, -0.1) is 0 Å². The van der Waals surface area contributed by atoms with E-state index in [1.54, 1.807) is 25.3 Å². The van der Waals surface area contributed by atoms with E-state index < -0.39 is 0 Å². The van der Waals surface area contributed by atoms with Gasteiger partial charge in [0.15, 0.2) is 5.16 Å². The van der Waals surface area contributed by atoms with E-state index in [-0.39, 0.29) is 5.91 Å². The van der Waals surface area contributed by atoms with Crippen molar-refractivity contribution in [1.29, 1.82) is 0 Å². The quantitative estimate of drug-likeness (QED) is 0.113. The third-order valence-corrected chi connectivity index (χ3v) is 8.65. The Balaban J connectivity index is 1.14. The van der Waals surface area contributed by atoms with Gasteiger partial charge in [-0.2, -0.15) is 0 Å². The summed E-state index contributed by atoms with van der Waals surface area (Å²) in [7, 11) is 1.67. The second kappa shape index (κ2) is 14.3. The van der Waals surface area contributed by atoms with Crippen molar-refractivity contribution in [2.24, 2.45) is 0 Å². The lowest BCUT2D eigenvalue weighted by Crippen LogP contribution is -2.46. The highest BCUT2D eigenvalue weighted by molar-refractivity contribution is 7.98. The SMILES string of the molecule is COc1ccc(N2CCN(c3cc(Cl)nc(SCc4cccc(C(=O)NCCc5ccc(Cl)cc5Cl)c4)n3)CC2)cc1. The molecule has 7 nitrogen and oxygen atoms in total. The van der Waals surface area contributed by atoms with Crippen LogP contribution in [0.5, 0.6) is 5.75 Å². The van der Waals surface area contributed by atoms with Crippen molar-refractivity contribution in [2.45, 2.75) is 17.3 Å². The number of nitrogens with zero attached hydrogens (tertiary/aromatic N) is 4. The smallest absolute Gasteiger partial charge is 0.251 e. The Labute approximate surface area is 265 Å². The summed E-state index contributed by atoms with van der Waals surface area (Å²) in [5, 5.41) is 5.16. The molecule has 0 saturated carbocycles. The lowest BCUT2D eigenvalue weighted by Gasteiger charge is -2.36. The van der Waals surface area contributed by atoms with Crippen LogP contribution < -0.4 is 19.9 Å². The minimum atomic E-state index is -0.137. The second-order valence-electron chi connectivity index (χ2n) is 9.73. The Bertz CT molecular complexity index is 1530. The van der Waals surface area contributed by atoms with Crippen LogP contribution >= 0.6 is 46.6 Å². The Morgan fingerprint density at radius 1 is 0.929 bits per heavy atom. The molecule has 218 valence electrons. The summed E-state index contributed by atoms with van der Waals surface area (Å²) in [4.78, 5) is 26.6. The third kappa shape index (κ3) is 8.01.